The molecule has 0 radical (unpaired) electrons. The van der Waals surface area contributed by atoms with Crippen LogP contribution in [0.1, 0.15) is 16.7 Å². The van der Waals surface area contributed by atoms with Crippen molar-refractivity contribution in [1.29, 1.82) is 0 Å². The summed E-state index contributed by atoms with van der Waals surface area (Å²) in [7, 11) is 1.63. The number of carbonyl (C=O) groups excluding carboxylic acids is 1. The lowest BCUT2D eigenvalue weighted by molar-refractivity contribution is -0.111. The molecule has 0 saturated carbocycles. The van der Waals surface area contributed by atoms with E-state index in [4.69, 9.17) is 4.74 Å². The summed E-state index contributed by atoms with van der Waals surface area (Å²) in [4.78, 5) is 12.9. The van der Waals surface area contributed by atoms with Crippen LogP contribution >= 0.6 is 0 Å². The smallest absolute Gasteiger partial charge is 0.256 e. The number of hydrogen-bond donors (Lipinski definition) is 1. The molecule has 0 aromatic heterocycles. The van der Waals surface area contributed by atoms with Gasteiger partial charge < -0.3 is 10.1 Å². The number of methoxy groups -OCH3 is 1. The highest BCUT2D eigenvalue weighted by Gasteiger charge is 2.12. The molecule has 0 atom stereocenters. The number of aryl methyl sites for hydroxylation is 1. The van der Waals surface area contributed by atoms with E-state index in [1.54, 1.807) is 7.11 Å². The summed E-state index contributed by atoms with van der Waals surface area (Å²) in [5.41, 5.74) is 4.30. The number of rotatable bonds is 5. The predicted molar refractivity (Wildman–Crippen MR) is 107 cm³/mol. The van der Waals surface area contributed by atoms with Gasteiger partial charge >= 0.3 is 0 Å². The first-order valence-corrected chi connectivity index (χ1v) is 8.45. The Labute approximate surface area is 154 Å². The van der Waals surface area contributed by atoms with Crippen LogP contribution in [0.25, 0.3) is 11.6 Å². The van der Waals surface area contributed by atoms with Gasteiger partial charge in [0, 0.05) is 11.3 Å². The van der Waals surface area contributed by atoms with Crippen LogP contribution in [0, 0.1) is 6.92 Å². The van der Waals surface area contributed by atoms with Crippen LogP contribution in [0.3, 0.4) is 0 Å². The SMILES string of the molecule is COc1ccc(/C=C(/C(=O)Nc2cccc(C)c2)c2ccccc2)cc1. The Morgan fingerprint density at radius 1 is 0.923 bits per heavy atom. The van der Waals surface area contributed by atoms with Gasteiger partial charge in [0.1, 0.15) is 5.75 Å². The first-order valence-electron chi connectivity index (χ1n) is 8.45. The Morgan fingerprint density at radius 2 is 1.65 bits per heavy atom. The van der Waals surface area contributed by atoms with Crippen molar-refractivity contribution in [2.24, 2.45) is 0 Å². The molecule has 3 aromatic carbocycles. The van der Waals surface area contributed by atoms with Gasteiger partial charge in [-0.25, -0.2) is 0 Å². The Hall–Kier alpha value is -3.33. The zero-order chi connectivity index (χ0) is 18.4. The average molecular weight is 343 g/mol. The molecular weight excluding hydrogens is 322 g/mol. The molecule has 0 heterocycles. The third-order valence-corrected chi connectivity index (χ3v) is 4.03. The number of hydrogen-bond acceptors (Lipinski definition) is 2. The number of nitrogens with one attached hydrogen (secondary N) is 1. The van der Waals surface area contributed by atoms with Crippen molar-refractivity contribution in [1.82, 2.24) is 0 Å². The van der Waals surface area contributed by atoms with Gasteiger partial charge in [0.15, 0.2) is 0 Å². The molecule has 0 fully saturated rings. The Balaban J connectivity index is 1.95. The topological polar surface area (TPSA) is 38.3 Å². The molecule has 0 aliphatic heterocycles. The van der Waals surface area contributed by atoms with Gasteiger partial charge in [-0.15, -0.1) is 0 Å². The van der Waals surface area contributed by atoms with Crippen molar-refractivity contribution in [3.05, 3.63) is 95.6 Å². The van der Waals surface area contributed by atoms with Crippen LogP contribution in [-0.2, 0) is 4.79 Å². The molecule has 3 heteroatoms. The van der Waals surface area contributed by atoms with Crippen LogP contribution in [0.2, 0.25) is 0 Å². The number of carbonyl (C=O) groups is 1. The van der Waals surface area contributed by atoms with Crippen LogP contribution in [-0.4, -0.2) is 13.0 Å². The average Bonchev–Trinajstić information content (AvgIpc) is 2.67. The molecule has 0 saturated heterocycles. The summed E-state index contributed by atoms with van der Waals surface area (Å²) in [6, 6.07) is 25.1. The van der Waals surface area contributed by atoms with Gasteiger partial charge in [-0.3, -0.25) is 4.79 Å². The van der Waals surface area contributed by atoms with Gasteiger partial charge in [0.05, 0.1) is 7.11 Å². The quantitative estimate of drug-likeness (QED) is 0.512. The van der Waals surface area contributed by atoms with E-state index >= 15 is 0 Å². The molecule has 130 valence electrons. The van der Waals surface area contributed by atoms with Crippen LogP contribution < -0.4 is 10.1 Å². The van der Waals surface area contributed by atoms with Crippen LogP contribution in [0.4, 0.5) is 5.69 Å². The third-order valence-electron chi connectivity index (χ3n) is 4.03. The second-order valence-electron chi connectivity index (χ2n) is 6.02. The number of amides is 1. The highest BCUT2D eigenvalue weighted by Crippen LogP contribution is 2.22. The molecule has 3 nitrogen and oxygen atoms in total. The molecule has 0 aliphatic rings. The Morgan fingerprint density at radius 3 is 2.31 bits per heavy atom. The molecule has 3 rings (SSSR count). The molecule has 0 bridgehead atoms. The van der Waals surface area contributed by atoms with Crippen molar-refractivity contribution in [3.8, 4) is 5.75 Å². The van der Waals surface area contributed by atoms with E-state index in [-0.39, 0.29) is 5.91 Å². The van der Waals surface area contributed by atoms with E-state index < -0.39 is 0 Å². The van der Waals surface area contributed by atoms with E-state index in [0.29, 0.717) is 5.57 Å². The third kappa shape index (κ3) is 4.39. The summed E-state index contributed by atoms with van der Waals surface area (Å²) in [6.45, 7) is 2.00. The van der Waals surface area contributed by atoms with Crippen molar-refractivity contribution >= 4 is 23.2 Å². The van der Waals surface area contributed by atoms with Crippen LogP contribution in [0.5, 0.6) is 5.75 Å². The summed E-state index contributed by atoms with van der Waals surface area (Å²) in [6.07, 6.45) is 1.89. The molecule has 0 unspecified atom stereocenters. The van der Waals surface area contributed by atoms with Crippen LogP contribution in [0.15, 0.2) is 78.9 Å². The first-order chi connectivity index (χ1) is 12.7. The summed E-state index contributed by atoms with van der Waals surface area (Å²) >= 11 is 0. The first kappa shape index (κ1) is 17.5. The van der Waals surface area contributed by atoms with Crippen molar-refractivity contribution < 1.29 is 9.53 Å². The minimum atomic E-state index is -0.141. The fourth-order valence-corrected chi connectivity index (χ4v) is 2.69. The minimum Gasteiger partial charge on any atom is -0.497 e. The number of benzene rings is 3. The molecule has 3 aromatic rings. The second kappa shape index (κ2) is 8.17. The zero-order valence-corrected chi connectivity index (χ0v) is 14.9. The van der Waals surface area contributed by atoms with Crippen molar-refractivity contribution in [3.63, 3.8) is 0 Å². The Kier molecular flexibility index (Phi) is 5.49. The van der Waals surface area contributed by atoms with Crippen molar-refractivity contribution in [2.75, 3.05) is 12.4 Å². The summed E-state index contributed by atoms with van der Waals surface area (Å²) in [5.74, 6) is 0.644. The van der Waals surface area contributed by atoms with Gasteiger partial charge in [-0.05, 0) is 54.0 Å². The second-order valence-corrected chi connectivity index (χ2v) is 6.02. The maximum absolute atomic E-state index is 12.9. The molecule has 1 N–H and O–H groups in total. The van der Waals surface area contributed by atoms with E-state index in [2.05, 4.69) is 5.32 Å². The molecule has 26 heavy (non-hydrogen) atoms. The lowest BCUT2D eigenvalue weighted by Gasteiger charge is -2.10. The van der Waals surface area contributed by atoms with E-state index in [0.717, 1.165) is 28.1 Å². The van der Waals surface area contributed by atoms with Gasteiger partial charge in [0.2, 0.25) is 0 Å². The van der Waals surface area contributed by atoms with E-state index in [9.17, 15) is 4.79 Å². The lowest BCUT2D eigenvalue weighted by Crippen LogP contribution is -2.13. The maximum atomic E-state index is 12.9. The number of ether oxygens (including phenoxy) is 1. The molecule has 0 spiro atoms. The lowest BCUT2D eigenvalue weighted by atomic mass is 10.0. The predicted octanol–water partition coefficient (Wildman–Crippen LogP) is 5.18. The monoisotopic (exact) mass is 343 g/mol. The fourth-order valence-electron chi connectivity index (χ4n) is 2.69. The van der Waals surface area contributed by atoms with Crippen molar-refractivity contribution in [2.45, 2.75) is 6.92 Å². The summed E-state index contributed by atoms with van der Waals surface area (Å²) < 4.78 is 5.20. The van der Waals surface area contributed by atoms with E-state index in [1.807, 2.05) is 91.9 Å². The molecule has 0 aliphatic carbocycles. The molecular formula is C23H21NO2. The normalized spacial score (nSPS) is 11.1. The molecule has 1 amide bonds. The fraction of sp³-hybridized carbons (Fsp3) is 0.0870. The van der Waals surface area contributed by atoms with Gasteiger partial charge in [-0.1, -0.05) is 54.6 Å². The standard InChI is InChI=1S/C23H21NO2/c1-17-7-6-10-20(15-17)24-23(25)22(19-8-4-3-5-9-19)16-18-11-13-21(26-2)14-12-18/h3-16H,1-2H3,(H,24,25)/b22-16+. The highest BCUT2D eigenvalue weighted by molar-refractivity contribution is 6.29. The zero-order valence-electron chi connectivity index (χ0n) is 14.9. The summed E-state index contributed by atoms with van der Waals surface area (Å²) in [5, 5.41) is 2.99. The minimum absolute atomic E-state index is 0.141. The van der Waals surface area contributed by atoms with E-state index in [1.165, 1.54) is 0 Å². The highest BCUT2D eigenvalue weighted by atomic mass is 16.5. The van der Waals surface area contributed by atoms with Gasteiger partial charge in [-0.2, -0.15) is 0 Å². The number of anilines is 1. The maximum Gasteiger partial charge on any atom is 0.256 e. The van der Waals surface area contributed by atoms with Gasteiger partial charge in [0.25, 0.3) is 5.91 Å². The largest absolute Gasteiger partial charge is 0.497 e. The Bertz CT molecular complexity index is 912.